The molecule has 1 aromatic rings. The van der Waals surface area contributed by atoms with Gasteiger partial charge in [-0.1, -0.05) is 11.6 Å². The second-order valence-corrected chi connectivity index (χ2v) is 3.74. The predicted molar refractivity (Wildman–Crippen MR) is 58.5 cm³/mol. The number of amides is 1. The summed E-state index contributed by atoms with van der Waals surface area (Å²) in [6, 6.07) is 0. The number of nitrogens with zero attached hydrogens (tertiary/aromatic N) is 2. The number of halogens is 1. The second kappa shape index (κ2) is 5.14. The van der Waals surface area contributed by atoms with E-state index in [-0.39, 0.29) is 5.91 Å². The fraction of sp³-hybridized carbons (Fsp3) is 0.556. The lowest BCUT2D eigenvalue weighted by molar-refractivity contribution is -0.117. The summed E-state index contributed by atoms with van der Waals surface area (Å²) in [7, 11) is 1.84. The van der Waals surface area contributed by atoms with E-state index in [4.69, 9.17) is 17.3 Å². The molecule has 0 aliphatic heterocycles. The molecule has 6 heteroatoms. The number of nitrogens with two attached hydrogens (primary N) is 1. The van der Waals surface area contributed by atoms with Gasteiger partial charge in [-0.15, -0.1) is 0 Å². The molecule has 0 aliphatic carbocycles. The second-order valence-electron chi connectivity index (χ2n) is 3.36. The van der Waals surface area contributed by atoms with Crippen molar-refractivity contribution in [3.8, 4) is 0 Å². The largest absolute Gasteiger partial charge is 0.370 e. The van der Waals surface area contributed by atoms with E-state index < -0.39 is 0 Å². The maximum Gasteiger partial charge on any atom is 0.218 e. The molecule has 1 heterocycles. The van der Waals surface area contributed by atoms with Crippen LogP contribution in [0.15, 0.2) is 0 Å². The molecule has 0 bridgehead atoms. The lowest BCUT2D eigenvalue weighted by atomic mass is 10.3. The van der Waals surface area contributed by atoms with Gasteiger partial charge in [0, 0.05) is 26.6 Å². The minimum atomic E-state index is -0.310. The first-order chi connectivity index (χ1) is 7.02. The van der Waals surface area contributed by atoms with Crippen molar-refractivity contribution in [1.29, 1.82) is 0 Å². The molecule has 3 N–H and O–H groups in total. The molecule has 0 unspecified atom stereocenters. The van der Waals surface area contributed by atoms with Gasteiger partial charge in [-0.3, -0.25) is 9.48 Å². The van der Waals surface area contributed by atoms with Crippen molar-refractivity contribution >= 4 is 17.5 Å². The SMILES string of the molecule is Cc1nn(C)c(CNCCC(N)=O)c1Cl. The minimum absolute atomic E-state index is 0.310. The molecule has 1 amide bonds. The van der Waals surface area contributed by atoms with E-state index in [9.17, 15) is 4.79 Å². The fourth-order valence-corrected chi connectivity index (χ4v) is 1.52. The van der Waals surface area contributed by atoms with E-state index in [0.717, 1.165) is 11.4 Å². The van der Waals surface area contributed by atoms with Crippen molar-refractivity contribution in [3.05, 3.63) is 16.4 Å². The van der Waals surface area contributed by atoms with Gasteiger partial charge < -0.3 is 11.1 Å². The first-order valence-electron chi connectivity index (χ1n) is 4.69. The summed E-state index contributed by atoms with van der Waals surface area (Å²) < 4.78 is 1.73. The summed E-state index contributed by atoms with van der Waals surface area (Å²) >= 11 is 6.04. The lowest BCUT2D eigenvalue weighted by Crippen LogP contribution is -2.22. The number of carbonyl (C=O) groups excluding carboxylic acids is 1. The van der Waals surface area contributed by atoms with Crippen LogP contribution in [0.5, 0.6) is 0 Å². The molecule has 0 aromatic carbocycles. The van der Waals surface area contributed by atoms with E-state index in [0.29, 0.717) is 24.5 Å². The zero-order valence-electron chi connectivity index (χ0n) is 8.88. The summed E-state index contributed by atoms with van der Waals surface area (Å²) in [5, 5.41) is 7.93. The van der Waals surface area contributed by atoms with Crippen LogP contribution in [0, 0.1) is 6.92 Å². The maximum absolute atomic E-state index is 10.5. The van der Waals surface area contributed by atoms with Crippen LogP contribution in [-0.4, -0.2) is 22.2 Å². The summed E-state index contributed by atoms with van der Waals surface area (Å²) in [5.74, 6) is -0.310. The van der Waals surface area contributed by atoms with Gasteiger partial charge in [0.05, 0.1) is 16.4 Å². The molecule has 1 rings (SSSR count). The van der Waals surface area contributed by atoms with Gasteiger partial charge in [0.2, 0.25) is 5.91 Å². The molecule has 0 atom stereocenters. The Morgan fingerprint density at radius 2 is 2.33 bits per heavy atom. The standard InChI is InChI=1S/C9H15ClN4O/c1-6-9(10)7(14(2)13-6)5-12-4-3-8(11)15/h12H,3-5H2,1-2H3,(H2,11,15). The number of hydrogen-bond donors (Lipinski definition) is 2. The van der Waals surface area contributed by atoms with Crippen molar-refractivity contribution < 1.29 is 4.79 Å². The quantitative estimate of drug-likeness (QED) is 0.717. The first kappa shape index (κ1) is 12.0. The number of aromatic nitrogens is 2. The van der Waals surface area contributed by atoms with Crippen LogP contribution in [0.25, 0.3) is 0 Å². The van der Waals surface area contributed by atoms with Crippen molar-refractivity contribution in [2.24, 2.45) is 12.8 Å². The Morgan fingerprint density at radius 1 is 1.67 bits per heavy atom. The molecule has 0 saturated heterocycles. The lowest BCUT2D eigenvalue weighted by Gasteiger charge is -2.04. The van der Waals surface area contributed by atoms with Gasteiger partial charge in [0.15, 0.2) is 0 Å². The van der Waals surface area contributed by atoms with Gasteiger partial charge >= 0.3 is 0 Å². The molecule has 0 radical (unpaired) electrons. The smallest absolute Gasteiger partial charge is 0.218 e. The number of rotatable bonds is 5. The van der Waals surface area contributed by atoms with Crippen LogP contribution >= 0.6 is 11.6 Å². The number of aryl methyl sites for hydroxylation is 2. The molecule has 0 spiro atoms. The van der Waals surface area contributed by atoms with E-state index in [1.807, 2.05) is 14.0 Å². The molecular weight excluding hydrogens is 216 g/mol. The van der Waals surface area contributed by atoms with Crippen LogP contribution in [0.1, 0.15) is 17.8 Å². The Morgan fingerprint density at radius 3 is 2.80 bits per heavy atom. The van der Waals surface area contributed by atoms with Crippen LogP contribution < -0.4 is 11.1 Å². The van der Waals surface area contributed by atoms with Gasteiger partial charge in [-0.25, -0.2) is 0 Å². The van der Waals surface area contributed by atoms with E-state index in [1.165, 1.54) is 0 Å². The number of primary amides is 1. The number of nitrogens with one attached hydrogen (secondary N) is 1. The highest BCUT2D eigenvalue weighted by Crippen LogP contribution is 2.18. The van der Waals surface area contributed by atoms with Gasteiger partial charge in [0.1, 0.15) is 0 Å². The Bertz CT molecular complexity index is 361. The van der Waals surface area contributed by atoms with Crippen LogP contribution in [0.3, 0.4) is 0 Å². The summed E-state index contributed by atoms with van der Waals surface area (Å²) in [6.45, 7) is 2.99. The van der Waals surface area contributed by atoms with E-state index in [2.05, 4.69) is 10.4 Å². The third-order valence-electron chi connectivity index (χ3n) is 2.10. The Kier molecular flexibility index (Phi) is 4.11. The van der Waals surface area contributed by atoms with Crippen molar-refractivity contribution in [2.45, 2.75) is 19.9 Å². The molecule has 0 fully saturated rings. The Hall–Kier alpha value is -1.07. The molecule has 5 nitrogen and oxygen atoms in total. The highest BCUT2D eigenvalue weighted by molar-refractivity contribution is 6.31. The minimum Gasteiger partial charge on any atom is -0.370 e. The molecule has 84 valence electrons. The van der Waals surface area contributed by atoms with Crippen molar-refractivity contribution in [3.63, 3.8) is 0 Å². The normalized spacial score (nSPS) is 10.6. The summed E-state index contributed by atoms with van der Waals surface area (Å²) in [5.41, 5.74) is 6.74. The van der Waals surface area contributed by atoms with Crippen LogP contribution in [0.4, 0.5) is 0 Å². The van der Waals surface area contributed by atoms with Crippen LogP contribution in [-0.2, 0) is 18.4 Å². The van der Waals surface area contributed by atoms with Crippen molar-refractivity contribution in [1.82, 2.24) is 15.1 Å². The third-order valence-corrected chi connectivity index (χ3v) is 2.59. The highest BCUT2D eigenvalue weighted by atomic mass is 35.5. The molecule has 0 saturated carbocycles. The summed E-state index contributed by atoms with van der Waals surface area (Å²) in [6.07, 6.45) is 0.328. The van der Waals surface area contributed by atoms with Crippen molar-refractivity contribution in [2.75, 3.05) is 6.54 Å². The zero-order valence-corrected chi connectivity index (χ0v) is 9.64. The maximum atomic E-state index is 10.5. The molecule has 15 heavy (non-hydrogen) atoms. The van der Waals surface area contributed by atoms with E-state index >= 15 is 0 Å². The van der Waals surface area contributed by atoms with E-state index in [1.54, 1.807) is 4.68 Å². The molecular formula is C9H15ClN4O. The topological polar surface area (TPSA) is 72.9 Å². The first-order valence-corrected chi connectivity index (χ1v) is 5.07. The third kappa shape index (κ3) is 3.21. The Balaban J connectivity index is 2.47. The van der Waals surface area contributed by atoms with Gasteiger partial charge in [0.25, 0.3) is 0 Å². The van der Waals surface area contributed by atoms with Gasteiger partial charge in [-0.2, -0.15) is 5.10 Å². The molecule has 1 aromatic heterocycles. The van der Waals surface area contributed by atoms with Gasteiger partial charge in [-0.05, 0) is 6.92 Å². The van der Waals surface area contributed by atoms with Crippen LogP contribution in [0.2, 0.25) is 5.02 Å². The number of hydrogen-bond acceptors (Lipinski definition) is 3. The zero-order chi connectivity index (χ0) is 11.4. The predicted octanol–water partition coefficient (Wildman–Crippen LogP) is 0.347. The average molecular weight is 231 g/mol. The fourth-order valence-electron chi connectivity index (χ4n) is 1.29. The average Bonchev–Trinajstić information content (AvgIpc) is 2.37. The number of carbonyl (C=O) groups is 1. The Labute approximate surface area is 93.6 Å². The molecule has 0 aliphatic rings. The highest BCUT2D eigenvalue weighted by Gasteiger charge is 2.09. The monoisotopic (exact) mass is 230 g/mol. The summed E-state index contributed by atoms with van der Waals surface area (Å²) in [4.78, 5) is 10.5.